The fraction of sp³-hybridized carbons (Fsp3) is 0.562. The van der Waals surface area contributed by atoms with Crippen LogP contribution in [0.1, 0.15) is 61.9 Å². The Balaban J connectivity index is 2.45. The first-order chi connectivity index (χ1) is 8.65. The van der Waals surface area contributed by atoms with Crippen LogP contribution in [0.25, 0.3) is 0 Å². The number of hydrogen-bond acceptors (Lipinski definition) is 2. The van der Waals surface area contributed by atoms with Crippen molar-refractivity contribution >= 4 is 5.78 Å². The number of unbranched alkanes of at least 4 members (excludes halogenated alkanes) is 4. The summed E-state index contributed by atoms with van der Waals surface area (Å²) in [6, 6.07) is 5.75. The maximum atomic E-state index is 11.5. The average Bonchev–Trinajstić information content (AvgIpc) is 2.33. The summed E-state index contributed by atoms with van der Waals surface area (Å²) in [7, 11) is 0. The maximum Gasteiger partial charge on any atom is 0.163 e. The van der Waals surface area contributed by atoms with Crippen LogP contribution in [0.3, 0.4) is 0 Å². The van der Waals surface area contributed by atoms with E-state index < -0.39 is 0 Å². The molecule has 0 aliphatic carbocycles. The number of Topliss-reactive ketones (excluding diaryl/α,β-unsaturated/α-hetero) is 1. The summed E-state index contributed by atoms with van der Waals surface area (Å²) >= 11 is 0. The number of ketones is 1. The van der Waals surface area contributed by atoms with E-state index in [1.807, 2.05) is 25.1 Å². The lowest BCUT2D eigenvalue weighted by Gasteiger charge is -2.10. The molecule has 0 saturated carbocycles. The molecule has 0 fully saturated rings. The molecule has 0 aliphatic rings. The highest BCUT2D eigenvalue weighted by Crippen LogP contribution is 2.21. The molecule has 0 saturated heterocycles. The van der Waals surface area contributed by atoms with Crippen LogP contribution in [0.15, 0.2) is 18.2 Å². The van der Waals surface area contributed by atoms with Crippen molar-refractivity contribution in [3.05, 3.63) is 29.3 Å². The van der Waals surface area contributed by atoms with Crippen molar-refractivity contribution in [3.8, 4) is 5.75 Å². The van der Waals surface area contributed by atoms with Gasteiger partial charge in [0.2, 0.25) is 0 Å². The third kappa shape index (κ3) is 4.91. The molecule has 0 atom stereocenters. The van der Waals surface area contributed by atoms with Crippen molar-refractivity contribution in [2.75, 3.05) is 6.61 Å². The zero-order valence-corrected chi connectivity index (χ0v) is 11.8. The van der Waals surface area contributed by atoms with Crippen LogP contribution in [0.2, 0.25) is 0 Å². The number of carbonyl (C=O) groups excluding carboxylic acids is 1. The van der Waals surface area contributed by atoms with E-state index in [2.05, 4.69) is 6.92 Å². The predicted molar refractivity (Wildman–Crippen MR) is 75.4 cm³/mol. The quantitative estimate of drug-likeness (QED) is 0.498. The first kappa shape index (κ1) is 14.7. The molecule has 1 rings (SSSR count). The average molecular weight is 248 g/mol. The Morgan fingerprint density at radius 3 is 2.56 bits per heavy atom. The fourth-order valence-electron chi connectivity index (χ4n) is 1.93. The lowest BCUT2D eigenvalue weighted by molar-refractivity contribution is 0.101. The van der Waals surface area contributed by atoms with Crippen molar-refractivity contribution in [3.63, 3.8) is 0 Å². The van der Waals surface area contributed by atoms with Gasteiger partial charge in [0.25, 0.3) is 0 Å². The highest BCUT2D eigenvalue weighted by atomic mass is 16.5. The van der Waals surface area contributed by atoms with E-state index in [1.165, 1.54) is 25.7 Å². The van der Waals surface area contributed by atoms with Crippen LogP contribution in [0, 0.1) is 6.92 Å². The van der Waals surface area contributed by atoms with Crippen molar-refractivity contribution in [1.29, 1.82) is 0 Å². The first-order valence-electron chi connectivity index (χ1n) is 6.89. The van der Waals surface area contributed by atoms with Crippen molar-refractivity contribution in [1.82, 2.24) is 0 Å². The molecule has 0 aliphatic heterocycles. The highest BCUT2D eigenvalue weighted by Gasteiger charge is 2.08. The molecule has 100 valence electrons. The molecule has 1 aromatic rings. The normalized spacial score (nSPS) is 10.4. The van der Waals surface area contributed by atoms with Crippen LogP contribution in [0.5, 0.6) is 5.75 Å². The lowest BCUT2D eigenvalue weighted by Crippen LogP contribution is -2.03. The van der Waals surface area contributed by atoms with Gasteiger partial charge < -0.3 is 4.74 Å². The Hall–Kier alpha value is -1.31. The molecule has 0 aromatic heterocycles. The molecular weight excluding hydrogens is 224 g/mol. The maximum absolute atomic E-state index is 11.5. The predicted octanol–water partition coefficient (Wildman–Crippen LogP) is 4.55. The SMILES string of the molecule is CCCCCCCOc1cc(C)ccc1C(C)=O. The molecular formula is C16H24O2. The Morgan fingerprint density at radius 1 is 1.17 bits per heavy atom. The number of rotatable bonds is 8. The second-order valence-electron chi connectivity index (χ2n) is 4.82. The van der Waals surface area contributed by atoms with Gasteiger partial charge in [-0.15, -0.1) is 0 Å². The van der Waals surface area contributed by atoms with Crippen LogP contribution in [-0.4, -0.2) is 12.4 Å². The molecule has 0 N–H and O–H groups in total. The van der Waals surface area contributed by atoms with Gasteiger partial charge in [-0.2, -0.15) is 0 Å². The second-order valence-corrected chi connectivity index (χ2v) is 4.82. The van der Waals surface area contributed by atoms with Gasteiger partial charge in [0, 0.05) is 0 Å². The number of carbonyl (C=O) groups is 1. The minimum absolute atomic E-state index is 0.0657. The molecule has 0 bridgehead atoms. The van der Waals surface area contributed by atoms with Crippen molar-refractivity contribution in [2.24, 2.45) is 0 Å². The molecule has 0 heterocycles. The summed E-state index contributed by atoms with van der Waals surface area (Å²) in [5.74, 6) is 0.800. The summed E-state index contributed by atoms with van der Waals surface area (Å²) in [6.07, 6.45) is 6.09. The van der Waals surface area contributed by atoms with Crippen LogP contribution in [-0.2, 0) is 0 Å². The summed E-state index contributed by atoms with van der Waals surface area (Å²) in [6.45, 7) is 6.51. The minimum atomic E-state index is 0.0657. The number of hydrogen-bond donors (Lipinski definition) is 0. The Bertz CT molecular complexity index is 383. The van der Waals surface area contributed by atoms with Crippen LogP contribution in [0.4, 0.5) is 0 Å². The van der Waals surface area contributed by atoms with Crippen LogP contribution < -0.4 is 4.74 Å². The molecule has 2 nitrogen and oxygen atoms in total. The summed E-state index contributed by atoms with van der Waals surface area (Å²) in [5.41, 5.74) is 1.81. The fourth-order valence-corrected chi connectivity index (χ4v) is 1.93. The van der Waals surface area contributed by atoms with Crippen LogP contribution >= 0.6 is 0 Å². The van der Waals surface area contributed by atoms with E-state index in [9.17, 15) is 4.79 Å². The molecule has 1 aromatic carbocycles. The summed E-state index contributed by atoms with van der Waals surface area (Å²) in [5, 5.41) is 0. The Kier molecular flexibility index (Phi) is 6.48. The standard InChI is InChI=1S/C16H24O2/c1-4-5-6-7-8-11-18-16-12-13(2)9-10-15(16)14(3)17/h9-10,12H,4-8,11H2,1-3H3. The van der Waals surface area contributed by atoms with Gasteiger partial charge in [-0.05, 0) is 38.0 Å². The van der Waals surface area contributed by atoms with Gasteiger partial charge in [-0.25, -0.2) is 0 Å². The molecule has 0 spiro atoms. The first-order valence-corrected chi connectivity index (χ1v) is 6.89. The van der Waals surface area contributed by atoms with Gasteiger partial charge in [-0.1, -0.05) is 38.7 Å². The molecule has 0 unspecified atom stereocenters. The Labute approximate surface area is 110 Å². The van der Waals surface area contributed by atoms with Gasteiger partial charge in [0.1, 0.15) is 5.75 Å². The molecule has 18 heavy (non-hydrogen) atoms. The van der Waals surface area contributed by atoms with Crippen molar-refractivity contribution in [2.45, 2.75) is 52.9 Å². The third-order valence-corrected chi connectivity index (χ3v) is 3.02. The van der Waals surface area contributed by atoms with E-state index >= 15 is 0 Å². The number of ether oxygens (including phenoxy) is 1. The van der Waals surface area contributed by atoms with Gasteiger partial charge in [0.15, 0.2) is 5.78 Å². The largest absolute Gasteiger partial charge is 0.493 e. The smallest absolute Gasteiger partial charge is 0.163 e. The molecule has 0 radical (unpaired) electrons. The number of benzene rings is 1. The van der Waals surface area contributed by atoms with Gasteiger partial charge in [-0.3, -0.25) is 4.79 Å². The summed E-state index contributed by atoms with van der Waals surface area (Å²) < 4.78 is 5.74. The van der Waals surface area contributed by atoms with Crippen molar-refractivity contribution < 1.29 is 9.53 Å². The van der Waals surface area contributed by atoms with E-state index in [0.717, 1.165) is 17.7 Å². The van der Waals surface area contributed by atoms with Gasteiger partial charge >= 0.3 is 0 Å². The van der Waals surface area contributed by atoms with E-state index in [0.29, 0.717) is 12.2 Å². The monoisotopic (exact) mass is 248 g/mol. The summed E-state index contributed by atoms with van der Waals surface area (Å²) in [4.78, 5) is 11.5. The van der Waals surface area contributed by atoms with E-state index in [4.69, 9.17) is 4.74 Å². The highest BCUT2D eigenvalue weighted by molar-refractivity contribution is 5.96. The van der Waals surface area contributed by atoms with E-state index in [-0.39, 0.29) is 5.78 Å². The second kappa shape index (κ2) is 7.91. The zero-order chi connectivity index (χ0) is 13.4. The lowest BCUT2D eigenvalue weighted by atomic mass is 10.1. The van der Waals surface area contributed by atoms with Gasteiger partial charge in [0.05, 0.1) is 12.2 Å². The minimum Gasteiger partial charge on any atom is -0.493 e. The molecule has 0 amide bonds. The topological polar surface area (TPSA) is 26.3 Å². The third-order valence-electron chi connectivity index (χ3n) is 3.02. The zero-order valence-electron chi connectivity index (χ0n) is 11.8. The van der Waals surface area contributed by atoms with E-state index in [1.54, 1.807) is 6.92 Å². The number of aryl methyl sites for hydroxylation is 1. The Morgan fingerprint density at radius 2 is 1.89 bits per heavy atom. The molecule has 2 heteroatoms.